The molecule has 1 amide bonds. The lowest BCUT2D eigenvalue weighted by Crippen LogP contribution is -2.40. The lowest BCUT2D eigenvalue weighted by molar-refractivity contribution is -0.140. The van der Waals surface area contributed by atoms with Gasteiger partial charge < -0.3 is 15.2 Å². The van der Waals surface area contributed by atoms with Crippen LogP contribution in [0.15, 0.2) is 0 Å². The zero-order valence-corrected chi connectivity index (χ0v) is 10.1. The maximum Gasteiger partial charge on any atom is 0.307 e. The van der Waals surface area contributed by atoms with E-state index in [1.807, 2.05) is 0 Å². The van der Waals surface area contributed by atoms with Crippen LogP contribution in [0.5, 0.6) is 0 Å². The fourth-order valence-electron chi connectivity index (χ4n) is 2.23. The number of carbonyl (C=O) groups excluding carboxylic acids is 1. The average molecular weight is 241 g/mol. The molecule has 0 aromatic heterocycles. The Morgan fingerprint density at radius 2 is 2.00 bits per heavy atom. The van der Waals surface area contributed by atoms with Crippen LogP contribution >= 0.6 is 0 Å². The van der Waals surface area contributed by atoms with E-state index in [1.54, 1.807) is 0 Å². The number of hydrogen-bond donors (Lipinski definition) is 2. The van der Waals surface area contributed by atoms with Crippen LogP contribution in [0.3, 0.4) is 0 Å². The van der Waals surface area contributed by atoms with Crippen molar-refractivity contribution in [3.63, 3.8) is 0 Å². The predicted octanol–water partition coefficient (Wildman–Crippen LogP) is 0.640. The molecule has 2 aliphatic rings. The van der Waals surface area contributed by atoms with Crippen molar-refractivity contribution in [2.45, 2.75) is 26.2 Å². The van der Waals surface area contributed by atoms with Gasteiger partial charge in [-0.1, -0.05) is 6.92 Å². The second kappa shape index (κ2) is 4.64. The normalized spacial score (nSPS) is 30.6. The first-order chi connectivity index (χ1) is 8.02. The summed E-state index contributed by atoms with van der Waals surface area (Å²) >= 11 is 0. The number of carbonyl (C=O) groups is 2. The van der Waals surface area contributed by atoms with E-state index >= 15 is 0 Å². The van der Waals surface area contributed by atoms with Crippen LogP contribution in [-0.2, 0) is 14.3 Å². The summed E-state index contributed by atoms with van der Waals surface area (Å²) in [6.07, 6.45) is 2.38. The standard InChI is InChI=1S/C12H19NO4/c1-12(2-4-17-5-3-12)7-13-10(14)8-6-9(8)11(15)16/h8-9H,2-7H2,1H3,(H,13,14)(H,15,16)/t8-,9+/m1/s1. The van der Waals surface area contributed by atoms with E-state index in [0.29, 0.717) is 13.0 Å². The van der Waals surface area contributed by atoms with Crippen molar-refractivity contribution in [2.75, 3.05) is 19.8 Å². The first kappa shape index (κ1) is 12.4. The molecule has 5 nitrogen and oxygen atoms in total. The fourth-order valence-corrected chi connectivity index (χ4v) is 2.23. The Morgan fingerprint density at radius 3 is 2.53 bits per heavy atom. The van der Waals surface area contributed by atoms with Crippen LogP contribution in [0.2, 0.25) is 0 Å². The van der Waals surface area contributed by atoms with Crippen molar-refractivity contribution in [3.05, 3.63) is 0 Å². The third kappa shape index (κ3) is 2.97. The maximum atomic E-state index is 11.7. The lowest BCUT2D eigenvalue weighted by Gasteiger charge is -2.33. The van der Waals surface area contributed by atoms with Crippen molar-refractivity contribution < 1.29 is 19.4 Å². The molecule has 5 heteroatoms. The van der Waals surface area contributed by atoms with Gasteiger partial charge in [-0.2, -0.15) is 0 Å². The Kier molecular flexibility index (Phi) is 3.38. The molecule has 2 atom stereocenters. The van der Waals surface area contributed by atoms with Gasteiger partial charge in [0.15, 0.2) is 0 Å². The molecule has 0 unspecified atom stereocenters. The molecule has 2 fully saturated rings. The summed E-state index contributed by atoms with van der Waals surface area (Å²) in [4.78, 5) is 22.3. The van der Waals surface area contributed by atoms with E-state index in [0.717, 1.165) is 26.1 Å². The van der Waals surface area contributed by atoms with Crippen LogP contribution in [0, 0.1) is 17.3 Å². The van der Waals surface area contributed by atoms with Gasteiger partial charge in [-0.3, -0.25) is 9.59 Å². The van der Waals surface area contributed by atoms with Gasteiger partial charge in [-0.25, -0.2) is 0 Å². The molecule has 0 bridgehead atoms. The smallest absolute Gasteiger partial charge is 0.307 e. The maximum absolute atomic E-state index is 11.7. The minimum atomic E-state index is -0.859. The molecule has 0 aromatic carbocycles. The average Bonchev–Trinajstić information content (AvgIpc) is 3.07. The summed E-state index contributed by atoms with van der Waals surface area (Å²) in [5.41, 5.74) is 0.0987. The molecule has 96 valence electrons. The van der Waals surface area contributed by atoms with Crippen molar-refractivity contribution in [3.8, 4) is 0 Å². The molecule has 1 aliphatic carbocycles. The summed E-state index contributed by atoms with van der Waals surface area (Å²) in [5.74, 6) is -1.74. The summed E-state index contributed by atoms with van der Waals surface area (Å²) in [7, 11) is 0. The van der Waals surface area contributed by atoms with Gasteiger partial charge >= 0.3 is 5.97 Å². The third-order valence-electron chi connectivity index (χ3n) is 3.83. The molecular weight excluding hydrogens is 222 g/mol. The number of rotatable bonds is 4. The molecule has 1 saturated carbocycles. The van der Waals surface area contributed by atoms with Crippen molar-refractivity contribution in [1.82, 2.24) is 5.32 Å². The number of ether oxygens (including phenoxy) is 1. The summed E-state index contributed by atoms with van der Waals surface area (Å²) in [6.45, 7) is 4.25. The number of hydrogen-bond acceptors (Lipinski definition) is 3. The quantitative estimate of drug-likeness (QED) is 0.757. The Morgan fingerprint density at radius 1 is 1.35 bits per heavy atom. The van der Waals surface area contributed by atoms with Crippen molar-refractivity contribution >= 4 is 11.9 Å². The molecule has 1 heterocycles. The Hall–Kier alpha value is -1.10. The number of amides is 1. The van der Waals surface area contributed by atoms with E-state index in [2.05, 4.69) is 12.2 Å². The minimum Gasteiger partial charge on any atom is -0.481 e. The molecule has 2 N–H and O–H groups in total. The van der Waals surface area contributed by atoms with E-state index in [9.17, 15) is 9.59 Å². The molecule has 0 spiro atoms. The van der Waals surface area contributed by atoms with Gasteiger partial charge in [0.05, 0.1) is 11.8 Å². The topological polar surface area (TPSA) is 75.6 Å². The Bertz CT molecular complexity index is 322. The van der Waals surface area contributed by atoms with E-state index < -0.39 is 11.9 Å². The second-order valence-electron chi connectivity index (χ2n) is 5.43. The van der Waals surface area contributed by atoms with Crippen molar-refractivity contribution in [1.29, 1.82) is 0 Å². The highest BCUT2D eigenvalue weighted by Crippen LogP contribution is 2.39. The zero-order chi connectivity index (χ0) is 12.5. The molecule has 1 aliphatic heterocycles. The van der Waals surface area contributed by atoms with Gasteiger partial charge in [0.2, 0.25) is 5.91 Å². The molecule has 0 radical (unpaired) electrons. The highest BCUT2D eigenvalue weighted by molar-refractivity contribution is 5.89. The largest absolute Gasteiger partial charge is 0.481 e. The summed E-state index contributed by atoms with van der Waals surface area (Å²) in [5, 5.41) is 11.6. The third-order valence-corrected chi connectivity index (χ3v) is 3.83. The van der Waals surface area contributed by atoms with Gasteiger partial charge in [-0.05, 0) is 24.7 Å². The predicted molar refractivity (Wildman–Crippen MR) is 60.4 cm³/mol. The highest BCUT2D eigenvalue weighted by Gasteiger charge is 2.48. The van der Waals surface area contributed by atoms with Gasteiger partial charge in [-0.15, -0.1) is 0 Å². The number of carboxylic acids is 1. The molecule has 2 rings (SSSR count). The Labute approximate surface area is 101 Å². The fraction of sp³-hybridized carbons (Fsp3) is 0.833. The lowest BCUT2D eigenvalue weighted by atomic mass is 9.82. The minimum absolute atomic E-state index is 0.0987. The first-order valence-corrected chi connectivity index (χ1v) is 6.10. The van der Waals surface area contributed by atoms with Crippen LogP contribution in [0.25, 0.3) is 0 Å². The number of aliphatic carboxylic acids is 1. The van der Waals surface area contributed by atoms with Gasteiger partial charge in [0.1, 0.15) is 0 Å². The summed E-state index contributed by atoms with van der Waals surface area (Å²) in [6, 6.07) is 0. The summed E-state index contributed by atoms with van der Waals surface area (Å²) < 4.78 is 5.29. The van der Waals surface area contributed by atoms with E-state index in [4.69, 9.17) is 9.84 Å². The van der Waals surface area contributed by atoms with Gasteiger partial charge in [0, 0.05) is 19.8 Å². The highest BCUT2D eigenvalue weighted by atomic mass is 16.5. The Balaban J connectivity index is 1.75. The van der Waals surface area contributed by atoms with Crippen molar-refractivity contribution in [2.24, 2.45) is 17.3 Å². The number of carboxylic acid groups (broad SMARTS) is 1. The molecule has 17 heavy (non-hydrogen) atoms. The first-order valence-electron chi connectivity index (χ1n) is 6.10. The number of nitrogens with one attached hydrogen (secondary N) is 1. The van der Waals surface area contributed by atoms with Gasteiger partial charge in [0.25, 0.3) is 0 Å². The molecule has 0 aromatic rings. The van der Waals surface area contributed by atoms with E-state index in [1.165, 1.54) is 0 Å². The van der Waals surface area contributed by atoms with E-state index in [-0.39, 0.29) is 17.2 Å². The second-order valence-corrected chi connectivity index (χ2v) is 5.43. The zero-order valence-electron chi connectivity index (χ0n) is 10.1. The monoisotopic (exact) mass is 241 g/mol. The van der Waals surface area contributed by atoms with Crippen LogP contribution in [0.4, 0.5) is 0 Å². The van der Waals surface area contributed by atoms with Crippen LogP contribution in [0.1, 0.15) is 26.2 Å². The SMILES string of the molecule is CC1(CNC(=O)[C@@H]2C[C@@H]2C(=O)O)CCOCC1. The molecular formula is C12H19NO4. The van der Waals surface area contributed by atoms with Crippen LogP contribution in [-0.4, -0.2) is 36.7 Å². The molecule has 1 saturated heterocycles. The van der Waals surface area contributed by atoms with Crippen LogP contribution < -0.4 is 5.32 Å².